The zero-order valence-electron chi connectivity index (χ0n) is 15.6. The van der Waals surface area contributed by atoms with Gasteiger partial charge in [-0.3, -0.25) is 0 Å². The first-order valence-corrected chi connectivity index (χ1v) is 8.91. The minimum Gasteiger partial charge on any atom is -0.392 e. The molecule has 0 saturated carbocycles. The summed E-state index contributed by atoms with van der Waals surface area (Å²) in [5.74, 6) is -0.248. The monoisotopic (exact) mass is 336 g/mol. The Hall–Kier alpha value is -0.940. The fraction of sp³-hybridized carbons (Fsp3) is 0.700. The molecule has 1 N–H and O–H groups in total. The minimum absolute atomic E-state index is 0.0136. The van der Waals surface area contributed by atoms with E-state index in [1.807, 2.05) is 51.1 Å². The molecule has 2 rings (SSSR count). The van der Waals surface area contributed by atoms with E-state index in [1.165, 1.54) is 0 Å². The first-order valence-electron chi connectivity index (χ1n) is 8.91. The highest BCUT2D eigenvalue weighted by molar-refractivity contribution is 5.13. The third-order valence-electron chi connectivity index (χ3n) is 4.81. The summed E-state index contributed by atoms with van der Waals surface area (Å²) in [7, 11) is 0. The minimum atomic E-state index is -0.585. The summed E-state index contributed by atoms with van der Waals surface area (Å²) in [6.07, 6.45) is -0.484. The lowest BCUT2D eigenvalue weighted by Crippen LogP contribution is -2.50. The molecule has 1 aliphatic rings. The Morgan fingerprint density at radius 3 is 2.58 bits per heavy atom. The summed E-state index contributed by atoms with van der Waals surface area (Å²) in [6.45, 7) is 11.8. The van der Waals surface area contributed by atoms with Crippen molar-refractivity contribution in [3.63, 3.8) is 0 Å². The van der Waals surface area contributed by atoms with Crippen molar-refractivity contribution in [2.24, 2.45) is 17.8 Å². The highest BCUT2D eigenvalue weighted by atomic mass is 16.7. The summed E-state index contributed by atoms with van der Waals surface area (Å²) in [5, 5.41) is 10.7. The van der Waals surface area contributed by atoms with E-state index in [2.05, 4.69) is 13.8 Å². The molecule has 136 valence electrons. The SMILES string of the molecule is C[C@H]([C@H](O)[C@H](C)COCc1ccccc1)[C@@H]1OC(C)(C)OC[C@@H]1C. The molecule has 0 aromatic heterocycles. The maximum Gasteiger partial charge on any atom is 0.163 e. The van der Waals surface area contributed by atoms with Gasteiger partial charge in [0.15, 0.2) is 5.79 Å². The van der Waals surface area contributed by atoms with Gasteiger partial charge >= 0.3 is 0 Å². The van der Waals surface area contributed by atoms with Gasteiger partial charge in [-0.2, -0.15) is 0 Å². The third-order valence-corrected chi connectivity index (χ3v) is 4.81. The first-order chi connectivity index (χ1) is 11.3. The van der Waals surface area contributed by atoms with Crippen LogP contribution < -0.4 is 0 Å². The van der Waals surface area contributed by atoms with Crippen LogP contribution in [0.5, 0.6) is 0 Å². The second-order valence-electron chi connectivity index (χ2n) is 7.60. The van der Waals surface area contributed by atoms with Gasteiger partial charge in [-0.15, -0.1) is 0 Å². The number of hydrogen-bond acceptors (Lipinski definition) is 4. The maximum atomic E-state index is 10.7. The Morgan fingerprint density at radius 2 is 1.92 bits per heavy atom. The molecule has 1 fully saturated rings. The molecule has 0 amide bonds. The summed E-state index contributed by atoms with van der Waals surface area (Å²) in [4.78, 5) is 0. The van der Waals surface area contributed by atoms with Crippen molar-refractivity contribution in [2.45, 2.75) is 59.2 Å². The molecule has 4 nitrogen and oxygen atoms in total. The Labute approximate surface area is 146 Å². The van der Waals surface area contributed by atoms with Gasteiger partial charge < -0.3 is 19.3 Å². The second kappa shape index (κ2) is 8.43. The number of ether oxygens (including phenoxy) is 3. The predicted molar refractivity (Wildman–Crippen MR) is 94.5 cm³/mol. The van der Waals surface area contributed by atoms with Crippen LogP contribution in [0.3, 0.4) is 0 Å². The van der Waals surface area contributed by atoms with Gasteiger partial charge in [-0.05, 0) is 19.4 Å². The lowest BCUT2D eigenvalue weighted by molar-refractivity contribution is -0.305. The molecule has 1 saturated heterocycles. The van der Waals surface area contributed by atoms with Gasteiger partial charge in [-0.1, -0.05) is 51.1 Å². The quantitative estimate of drug-likeness (QED) is 0.826. The average molecular weight is 336 g/mol. The Kier molecular flexibility index (Phi) is 6.81. The Balaban J connectivity index is 1.83. The zero-order chi connectivity index (χ0) is 17.7. The van der Waals surface area contributed by atoms with Gasteiger partial charge in [0.2, 0.25) is 0 Å². The van der Waals surface area contributed by atoms with Crippen molar-refractivity contribution in [3.05, 3.63) is 35.9 Å². The molecule has 0 unspecified atom stereocenters. The van der Waals surface area contributed by atoms with Crippen LogP contribution in [0.25, 0.3) is 0 Å². The lowest BCUT2D eigenvalue weighted by Gasteiger charge is -2.44. The lowest BCUT2D eigenvalue weighted by atomic mass is 9.84. The fourth-order valence-corrected chi connectivity index (χ4v) is 3.28. The summed E-state index contributed by atoms with van der Waals surface area (Å²) in [5.41, 5.74) is 1.15. The number of rotatable bonds is 7. The molecular formula is C20H32O4. The number of aliphatic hydroxyl groups is 1. The molecule has 24 heavy (non-hydrogen) atoms. The highest BCUT2D eigenvalue weighted by Crippen LogP contribution is 2.33. The highest BCUT2D eigenvalue weighted by Gasteiger charge is 2.40. The Morgan fingerprint density at radius 1 is 1.25 bits per heavy atom. The van der Waals surface area contributed by atoms with Crippen LogP contribution in [0.1, 0.15) is 40.2 Å². The molecule has 1 heterocycles. The van der Waals surface area contributed by atoms with Crippen LogP contribution in [0.15, 0.2) is 30.3 Å². The number of benzene rings is 1. The number of hydrogen-bond donors (Lipinski definition) is 1. The molecule has 1 aromatic carbocycles. The van der Waals surface area contributed by atoms with Crippen LogP contribution in [0.4, 0.5) is 0 Å². The van der Waals surface area contributed by atoms with Gasteiger partial charge in [0.25, 0.3) is 0 Å². The standard InChI is InChI=1S/C20H32O4/c1-14(11-22-13-17-9-7-6-8-10-17)18(21)16(3)19-15(2)12-23-20(4,5)24-19/h6-10,14-16,18-19,21H,11-13H2,1-5H3/t14-,15+,16-,18-,19-/m1/s1. The molecule has 1 aromatic rings. The zero-order valence-corrected chi connectivity index (χ0v) is 15.6. The van der Waals surface area contributed by atoms with Gasteiger partial charge in [-0.25, -0.2) is 0 Å². The fourth-order valence-electron chi connectivity index (χ4n) is 3.28. The maximum absolute atomic E-state index is 10.7. The molecular weight excluding hydrogens is 304 g/mol. The largest absolute Gasteiger partial charge is 0.392 e. The topological polar surface area (TPSA) is 47.9 Å². The summed E-state index contributed by atoms with van der Waals surface area (Å²) in [6, 6.07) is 10.1. The summed E-state index contributed by atoms with van der Waals surface area (Å²) < 4.78 is 17.5. The summed E-state index contributed by atoms with van der Waals surface area (Å²) >= 11 is 0. The smallest absolute Gasteiger partial charge is 0.163 e. The first kappa shape index (κ1) is 19.4. The van der Waals surface area contributed by atoms with Gasteiger partial charge in [0.05, 0.1) is 32.0 Å². The van der Waals surface area contributed by atoms with Crippen molar-refractivity contribution in [3.8, 4) is 0 Å². The molecule has 0 spiro atoms. The van der Waals surface area contributed by atoms with Gasteiger partial charge in [0, 0.05) is 17.8 Å². The van der Waals surface area contributed by atoms with E-state index in [0.717, 1.165) is 5.56 Å². The van der Waals surface area contributed by atoms with E-state index in [9.17, 15) is 5.11 Å². The molecule has 1 aliphatic heterocycles. The average Bonchev–Trinajstić information content (AvgIpc) is 2.56. The van der Waals surface area contributed by atoms with Crippen molar-refractivity contribution >= 4 is 0 Å². The van der Waals surface area contributed by atoms with Crippen LogP contribution in [-0.4, -0.2) is 36.3 Å². The Bertz CT molecular complexity index is 488. The van der Waals surface area contributed by atoms with Crippen molar-refractivity contribution in [2.75, 3.05) is 13.2 Å². The molecule has 0 aliphatic carbocycles. The van der Waals surface area contributed by atoms with Crippen LogP contribution in [0.2, 0.25) is 0 Å². The van der Waals surface area contributed by atoms with Crippen LogP contribution in [-0.2, 0) is 20.8 Å². The molecule has 5 atom stereocenters. The third kappa shape index (κ3) is 5.28. The van der Waals surface area contributed by atoms with E-state index < -0.39 is 11.9 Å². The van der Waals surface area contributed by atoms with Gasteiger partial charge in [0.1, 0.15) is 0 Å². The van der Waals surface area contributed by atoms with E-state index in [-0.39, 0.29) is 23.9 Å². The van der Waals surface area contributed by atoms with Crippen molar-refractivity contribution in [1.82, 2.24) is 0 Å². The second-order valence-corrected chi connectivity index (χ2v) is 7.60. The number of aliphatic hydroxyl groups excluding tert-OH is 1. The van der Waals surface area contributed by atoms with Crippen LogP contribution >= 0.6 is 0 Å². The normalized spacial score (nSPS) is 27.4. The van der Waals surface area contributed by atoms with Crippen molar-refractivity contribution < 1.29 is 19.3 Å². The van der Waals surface area contributed by atoms with Crippen LogP contribution in [0, 0.1) is 17.8 Å². The van der Waals surface area contributed by atoms with Crippen molar-refractivity contribution in [1.29, 1.82) is 0 Å². The molecule has 4 heteroatoms. The van der Waals surface area contributed by atoms with E-state index >= 15 is 0 Å². The van der Waals surface area contributed by atoms with E-state index in [4.69, 9.17) is 14.2 Å². The van der Waals surface area contributed by atoms with E-state index in [0.29, 0.717) is 19.8 Å². The predicted octanol–water partition coefficient (Wildman–Crippen LogP) is 3.62. The van der Waals surface area contributed by atoms with E-state index in [1.54, 1.807) is 0 Å². The molecule has 0 radical (unpaired) electrons. The molecule has 0 bridgehead atoms.